The summed E-state index contributed by atoms with van der Waals surface area (Å²) in [6.45, 7) is 8.96. The van der Waals surface area contributed by atoms with E-state index in [0.717, 1.165) is 12.8 Å². The number of unbranched alkanes of at least 4 members (excludes halogenated alkanes) is 1. The molecule has 0 saturated carbocycles. The Bertz CT molecular complexity index is 269. The van der Waals surface area contributed by atoms with Crippen LogP contribution in [0.1, 0.15) is 46.5 Å². The highest BCUT2D eigenvalue weighted by molar-refractivity contribution is 5.82. The van der Waals surface area contributed by atoms with Gasteiger partial charge in [0.1, 0.15) is 0 Å². The number of carbonyl (C=O) groups excluding carboxylic acids is 2. The lowest BCUT2D eigenvalue weighted by Crippen LogP contribution is -2.38. The van der Waals surface area contributed by atoms with E-state index >= 15 is 0 Å². The SMILES string of the molecule is C=CCCC(=O)OC(C)(C)C(=O)OCCCC. The van der Waals surface area contributed by atoms with Crippen molar-refractivity contribution in [1.82, 2.24) is 0 Å². The van der Waals surface area contributed by atoms with Gasteiger partial charge >= 0.3 is 11.9 Å². The highest BCUT2D eigenvalue weighted by atomic mass is 16.6. The molecule has 0 saturated heterocycles. The van der Waals surface area contributed by atoms with Crippen molar-refractivity contribution in [3.05, 3.63) is 12.7 Å². The second kappa shape index (κ2) is 7.87. The molecule has 0 aromatic carbocycles. The maximum atomic E-state index is 11.6. The van der Waals surface area contributed by atoms with Crippen molar-refractivity contribution in [1.29, 1.82) is 0 Å². The minimum atomic E-state index is -1.22. The normalized spacial score (nSPS) is 10.8. The van der Waals surface area contributed by atoms with Crippen LogP contribution in [0.2, 0.25) is 0 Å². The number of rotatable bonds is 8. The molecule has 0 bridgehead atoms. The molecule has 4 heteroatoms. The molecule has 0 aromatic heterocycles. The third-order valence-electron chi connectivity index (χ3n) is 2.14. The van der Waals surface area contributed by atoms with E-state index in [1.54, 1.807) is 6.08 Å². The van der Waals surface area contributed by atoms with Gasteiger partial charge in [-0.15, -0.1) is 6.58 Å². The van der Waals surface area contributed by atoms with Crippen LogP contribution in [0.4, 0.5) is 0 Å². The lowest BCUT2D eigenvalue weighted by molar-refractivity contribution is -0.178. The zero-order valence-electron chi connectivity index (χ0n) is 11.0. The maximum absolute atomic E-state index is 11.6. The topological polar surface area (TPSA) is 52.6 Å². The van der Waals surface area contributed by atoms with Crippen molar-refractivity contribution < 1.29 is 19.1 Å². The molecule has 0 aliphatic carbocycles. The molecule has 0 radical (unpaired) electrons. The first-order valence-electron chi connectivity index (χ1n) is 5.94. The summed E-state index contributed by atoms with van der Waals surface area (Å²) in [5.41, 5.74) is -1.22. The molecule has 0 amide bonds. The van der Waals surface area contributed by atoms with Crippen LogP contribution in [-0.2, 0) is 19.1 Å². The molecule has 0 heterocycles. The van der Waals surface area contributed by atoms with Crippen molar-refractivity contribution in [2.75, 3.05) is 6.61 Å². The number of hydrogen-bond donors (Lipinski definition) is 0. The van der Waals surface area contributed by atoms with E-state index in [9.17, 15) is 9.59 Å². The number of esters is 2. The van der Waals surface area contributed by atoms with Crippen LogP contribution in [0.15, 0.2) is 12.7 Å². The minimum absolute atomic E-state index is 0.231. The first-order valence-corrected chi connectivity index (χ1v) is 5.94. The van der Waals surface area contributed by atoms with Crippen molar-refractivity contribution in [3.63, 3.8) is 0 Å². The van der Waals surface area contributed by atoms with Gasteiger partial charge in [0.2, 0.25) is 5.60 Å². The molecule has 0 fully saturated rings. The summed E-state index contributed by atoms with van der Waals surface area (Å²) in [7, 11) is 0. The fourth-order valence-corrected chi connectivity index (χ4v) is 1.08. The second-order valence-corrected chi connectivity index (χ2v) is 4.30. The van der Waals surface area contributed by atoms with Gasteiger partial charge in [0.25, 0.3) is 0 Å². The molecule has 4 nitrogen and oxygen atoms in total. The number of allylic oxidation sites excluding steroid dienone is 1. The molecule has 0 aliphatic heterocycles. The maximum Gasteiger partial charge on any atom is 0.350 e. The summed E-state index contributed by atoms with van der Waals surface area (Å²) in [4.78, 5) is 23.0. The lowest BCUT2D eigenvalue weighted by Gasteiger charge is -2.22. The summed E-state index contributed by atoms with van der Waals surface area (Å²) >= 11 is 0. The average Bonchev–Trinajstić information content (AvgIpc) is 2.26. The number of ether oxygens (including phenoxy) is 2. The van der Waals surface area contributed by atoms with Gasteiger partial charge in [0.15, 0.2) is 0 Å². The Morgan fingerprint density at radius 2 is 2.00 bits per heavy atom. The van der Waals surface area contributed by atoms with E-state index in [-0.39, 0.29) is 6.42 Å². The molecule has 0 aromatic rings. The molecule has 0 atom stereocenters. The largest absolute Gasteiger partial charge is 0.463 e. The van der Waals surface area contributed by atoms with E-state index in [1.807, 2.05) is 6.92 Å². The summed E-state index contributed by atoms with van der Waals surface area (Å²) < 4.78 is 10.1. The molecule has 0 unspecified atom stereocenters. The van der Waals surface area contributed by atoms with Crippen molar-refractivity contribution in [2.24, 2.45) is 0 Å². The summed E-state index contributed by atoms with van der Waals surface area (Å²) in [5, 5.41) is 0. The average molecular weight is 242 g/mol. The highest BCUT2D eigenvalue weighted by Gasteiger charge is 2.33. The van der Waals surface area contributed by atoms with E-state index in [0.29, 0.717) is 13.0 Å². The van der Waals surface area contributed by atoms with Crippen molar-refractivity contribution in [3.8, 4) is 0 Å². The van der Waals surface area contributed by atoms with E-state index < -0.39 is 17.5 Å². The van der Waals surface area contributed by atoms with Crippen LogP contribution in [0.25, 0.3) is 0 Å². The van der Waals surface area contributed by atoms with Crippen LogP contribution < -0.4 is 0 Å². The van der Waals surface area contributed by atoms with Crippen LogP contribution in [-0.4, -0.2) is 24.1 Å². The Morgan fingerprint density at radius 3 is 2.53 bits per heavy atom. The summed E-state index contributed by atoms with van der Waals surface area (Å²) in [5.74, 6) is -0.916. The molecule has 0 rings (SSSR count). The fraction of sp³-hybridized carbons (Fsp3) is 0.692. The molecule has 0 spiro atoms. The Kier molecular flexibility index (Phi) is 7.26. The molecule has 0 aliphatic rings. The first kappa shape index (κ1) is 15.7. The monoisotopic (exact) mass is 242 g/mol. The zero-order valence-corrected chi connectivity index (χ0v) is 11.0. The minimum Gasteiger partial charge on any atom is -0.463 e. The summed E-state index contributed by atoms with van der Waals surface area (Å²) in [6.07, 6.45) is 4.17. The predicted molar refractivity (Wildman–Crippen MR) is 65.5 cm³/mol. The lowest BCUT2D eigenvalue weighted by atomic mass is 10.1. The van der Waals surface area contributed by atoms with Crippen LogP contribution >= 0.6 is 0 Å². The fourth-order valence-electron chi connectivity index (χ4n) is 1.08. The Balaban J connectivity index is 4.11. The number of hydrogen-bond acceptors (Lipinski definition) is 4. The molecular weight excluding hydrogens is 220 g/mol. The van der Waals surface area contributed by atoms with Crippen LogP contribution in [0.5, 0.6) is 0 Å². The van der Waals surface area contributed by atoms with Gasteiger partial charge in [0.05, 0.1) is 6.61 Å². The van der Waals surface area contributed by atoms with Gasteiger partial charge in [-0.2, -0.15) is 0 Å². The zero-order chi connectivity index (χ0) is 13.3. The molecule has 0 N–H and O–H groups in total. The third kappa shape index (κ3) is 6.76. The molecule has 98 valence electrons. The van der Waals surface area contributed by atoms with Crippen LogP contribution in [0, 0.1) is 0 Å². The standard InChI is InChI=1S/C13H22O4/c1-5-7-9-11(14)17-13(3,4)12(15)16-10-8-6-2/h5H,1,6-10H2,2-4H3. The smallest absolute Gasteiger partial charge is 0.350 e. The van der Waals surface area contributed by atoms with Crippen LogP contribution in [0.3, 0.4) is 0 Å². The Hall–Kier alpha value is -1.32. The Labute approximate surface area is 103 Å². The number of carbonyl (C=O) groups is 2. The van der Waals surface area contributed by atoms with Gasteiger partial charge in [-0.05, 0) is 26.7 Å². The first-order chi connectivity index (χ1) is 7.94. The summed E-state index contributed by atoms with van der Waals surface area (Å²) in [6, 6.07) is 0. The molecule has 17 heavy (non-hydrogen) atoms. The van der Waals surface area contributed by atoms with E-state index in [2.05, 4.69) is 6.58 Å². The van der Waals surface area contributed by atoms with Gasteiger partial charge < -0.3 is 9.47 Å². The van der Waals surface area contributed by atoms with Crippen molar-refractivity contribution in [2.45, 2.75) is 52.1 Å². The van der Waals surface area contributed by atoms with Gasteiger partial charge in [-0.1, -0.05) is 19.4 Å². The second-order valence-electron chi connectivity index (χ2n) is 4.30. The van der Waals surface area contributed by atoms with Crippen molar-refractivity contribution >= 4 is 11.9 Å². The quantitative estimate of drug-likeness (QED) is 0.373. The Morgan fingerprint density at radius 1 is 1.35 bits per heavy atom. The third-order valence-corrected chi connectivity index (χ3v) is 2.14. The van der Waals surface area contributed by atoms with E-state index in [4.69, 9.17) is 9.47 Å². The highest BCUT2D eigenvalue weighted by Crippen LogP contribution is 2.14. The van der Waals surface area contributed by atoms with Gasteiger partial charge in [-0.25, -0.2) is 4.79 Å². The molecular formula is C13H22O4. The van der Waals surface area contributed by atoms with Gasteiger partial charge in [0, 0.05) is 6.42 Å². The predicted octanol–water partition coefficient (Wildman–Crippen LogP) is 2.62. The van der Waals surface area contributed by atoms with E-state index in [1.165, 1.54) is 13.8 Å². The van der Waals surface area contributed by atoms with Gasteiger partial charge in [-0.3, -0.25) is 4.79 Å².